The Morgan fingerprint density at radius 2 is 1.58 bits per heavy atom. The molecule has 0 aliphatic carbocycles. The summed E-state index contributed by atoms with van der Waals surface area (Å²) in [5, 5.41) is 0. The highest BCUT2D eigenvalue weighted by Crippen LogP contribution is 2.22. The molecule has 0 fully saturated rings. The predicted octanol–water partition coefficient (Wildman–Crippen LogP) is -1.16. The molecule has 0 saturated heterocycles. The van der Waals surface area contributed by atoms with Gasteiger partial charge in [0.25, 0.3) is 0 Å². The van der Waals surface area contributed by atoms with E-state index in [1.165, 1.54) is 0 Å². The van der Waals surface area contributed by atoms with Gasteiger partial charge in [-0.1, -0.05) is 12.1 Å². The Labute approximate surface area is 70.5 Å². The minimum atomic E-state index is -1.43. The van der Waals surface area contributed by atoms with Gasteiger partial charge in [0.1, 0.15) is 5.79 Å². The van der Waals surface area contributed by atoms with E-state index in [0.29, 0.717) is 16.9 Å². The van der Waals surface area contributed by atoms with Crippen molar-refractivity contribution < 1.29 is 0 Å². The Morgan fingerprint density at radius 3 is 2.00 bits per heavy atom. The monoisotopic (exact) mass is 167 g/mol. The summed E-state index contributed by atoms with van der Waals surface area (Å²) in [4.78, 5) is 0. The molecule has 0 bridgehead atoms. The molecular weight excluding hydrogens is 154 g/mol. The van der Waals surface area contributed by atoms with Gasteiger partial charge in [-0.05, 0) is 6.07 Å². The van der Waals surface area contributed by atoms with Crippen molar-refractivity contribution in [3.8, 4) is 0 Å². The highest BCUT2D eigenvalue weighted by Gasteiger charge is 2.18. The zero-order valence-corrected chi connectivity index (χ0v) is 6.62. The molecule has 5 nitrogen and oxygen atoms in total. The summed E-state index contributed by atoms with van der Waals surface area (Å²) in [6, 6.07) is 5.00. The molecule has 10 N–H and O–H groups in total. The molecule has 0 atom stereocenters. The molecule has 66 valence electrons. The predicted molar refractivity (Wildman–Crippen MR) is 49.5 cm³/mol. The first-order valence-corrected chi connectivity index (χ1v) is 3.44. The molecule has 0 heterocycles. The van der Waals surface area contributed by atoms with E-state index < -0.39 is 5.79 Å². The number of hydrogen-bond acceptors (Lipinski definition) is 5. The van der Waals surface area contributed by atoms with Crippen LogP contribution < -0.4 is 28.7 Å². The van der Waals surface area contributed by atoms with Gasteiger partial charge < -0.3 is 11.5 Å². The van der Waals surface area contributed by atoms with Crippen molar-refractivity contribution in [3.05, 3.63) is 23.8 Å². The Hall–Kier alpha value is -1.30. The first-order valence-electron chi connectivity index (χ1n) is 3.44. The number of para-hydroxylation sites is 1. The van der Waals surface area contributed by atoms with E-state index in [0.717, 1.165) is 0 Å². The van der Waals surface area contributed by atoms with E-state index >= 15 is 0 Å². The average Bonchev–Trinajstić information content (AvgIpc) is 1.92. The minimum Gasteiger partial charge on any atom is -0.397 e. The summed E-state index contributed by atoms with van der Waals surface area (Å²) in [6.45, 7) is 0. The van der Waals surface area contributed by atoms with Crippen LogP contribution in [0.2, 0.25) is 0 Å². The molecule has 0 aliphatic rings. The quantitative estimate of drug-likeness (QED) is 0.266. The van der Waals surface area contributed by atoms with Gasteiger partial charge in [-0.15, -0.1) is 0 Å². The lowest BCUT2D eigenvalue weighted by atomic mass is 10.1. The third-order valence-electron chi connectivity index (χ3n) is 1.61. The van der Waals surface area contributed by atoms with Crippen LogP contribution in [0.3, 0.4) is 0 Å². The number of rotatable bonds is 1. The van der Waals surface area contributed by atoms with Crippen LogP contribution in [-0.4, -0.2) is 0 Å². The van der Waals surface area contributed by atoms with E-state index in [-0.39, 0.29) is 0 Å². The number of benzene rings is 1. The molecule has 12 heavy (non-hydrogen) atoms. The third-order valence-corrected chi connectivity index (χ3v) is 1.61. The molecule has 0 unspecified atom stereocenters. The summed E-state index contributed by atoms with van der Waals surface area (Å²) in [7, 11) is 0. The maximum absolute atomic E-state index is 5.60. The Bertz CT molecular complexity index is 288. The summed E-state index contributed by atoms with van der Waals surface area (Å²) in [6.07, 6.45) is 0. The fraction of sp³-hybridized carbons (Fsp3) is 0.143. The molecule has 0 aliphatic heterocycles. The lowest BCUT2D eigenvalue weighted by Gasteiger charge is -2.21. The Morgan fingerprint density at radius 1 is 1.00 bits per heavy atom. The summed E-state index contributed by atoms with van der Waals surface area (Å²) >= 11 is 0. The van der Waals surface area contributed by atoms with Crippen molar-refractivity contribution in [2.45, 2.75) is 5.79 Å². The molecule has 1 aromatic rings. The van der Waals surface area contributed by atoms with E-state index in [1.807, 2.05) is 0 Å². The van der Waals surface area contributed by atoms with Gasteiger partial charge in [-0.2, -0.15) is 0 Å². The van der Waals surface area contributed by atoms with Crippen LogP contribution in [0.4, 0.5) is 11.4 Å². The van der Waals surface area contributed by atoms with Crippen LogP contribution >= 0.6 is 0 Å². The molecule has 0 spiro atoms. The van der Waals surface area contributed by atoms with Crippen molar-refractivity contribution >= 4 is 11.4 Å². The molecular formula is C7H13N5. The van der Waals surface area contributed by atoms with Crippen molar-refractivity contribution in [2.24, 2.45) is 17.2 Å². The number of nitrogens with two attached hydrogens (primary N) is 5. The summed E-state index contributed by atoms with van der Waals surface area (Å²) in [5.41, 5.74) is 28.7. The van der Waals surface area contributed by atoms with Crippen molar-refractivity contribution in [1.82, 2.24) is 0 Å². The average molecular weight is 167 g/mol. The lowest BCUT2D eigenvalue weighted by Crippen LogP contribution is -2.54. The fourth-order valence-corrected chi connectivity index (χ4v) is 0.961. The van der Waals surface area contributed by atoms with Crippen LogP contribution in [0.5, 0.6) is 0 Å². The van der Waals surface area contributed by atoms with E-state index in [9.17, 15) is 0 Å². The second-order valence-electron chi connectivity index (χ2n) is 2.74. The fourth-order valence-electron chi connectivity index (χ4n) is 0.961. The standard InChI is InChI=1S/C7H13N5/c8-5-3-1-2-4(6(5)9)7(10,11)12/h1-3H,8-12H2. The highest BCUT2D eigenvalue weighted by molar-refractivity contribution is 5.68. The van der Waals surface area contributed by atoms with Gasteiger partial charge in [0.15, 0.2) is 0 Å². The number of anilines is 2. The smallest absolute Gasteiger partial charge is 0.144 e. The van der Waals surface area contributed by atoms with Crippen LogP contribution in [-0.2, 0) is 5.79 Å². The summed E-state index contributed by atoms with van der Waals surface area (Å²) in [5.74, 6) is -1.43. The second kappa shape index (κ2) is 2.63. The Kier molecular flexibility index (Phi) is 1.93. The normalized spacial score (nSPS) is 11.6. The van der Waals surface area contributed by atoms with Crippen molar-refractivity contribution in [1.29, 1.82) is 0 Å². The lowest BCUT2D eigenvalue weighted by molar-refractivity contribution is 0.490. The first kappa shape index (κ1) is 8.79. The van der Waals surface area contributed by atoms with Crippen molar-refractivity contribution in [2.75, 3.05) is 11.5 Å². The third kappa shape index (κ3) is 1.48. The van der Waals surface area contributed by atoms with Gasteiger partial charge in [0, 0.05) is 5.56 Å². The largest absolute Gasteiger partial charge is 0.397 e. The summed E-state index contributed by atoms with van der Waals surface area (Å²) < 4.78 is 0. The number of hydrogen-bond donors (Lipinski definition) is 5. The molecule has 0 radical (unpaired) electrons. The second-order valence-corrected chi connectivity index (χ2v) is 2.74. The zero-order chi connectivity index (χ0) is 9.35. The van der Waals surface area contributed by atoms with E-state index in [4.69, 9.17) is 28.7 Å². The van der Waals surface area contributed by atoms with Gasteiger partial charge in [0.2, 0.25) is 0 Å². The van der Waals surface area contributed by atoms with Gasteiger partial charge in [-0.3, -0.25) is 17.2 Å². The van der Waals surface area contributed by atoms with E-state index in [2.05, 4.69) is 0 Å². The van der Waals surface area contributed by atoms with Crippen molar-refractivity contribution in [3.63, 3.8) is 0 Å². The molecule has 1 rings (SSSR count). The maximum atomic E-state index is 5.60. The van der Waals surface area contributed by atoms with Gasteiger partial charge in [0.05, 0.1) is 11.4 Å². The van der Waals surface area contributed by atoms with Crippen LogP contribution in [0.25, 0.3) is 0 Å². The van der Waals surface area contributed by atoms with E-state index in [1.54, 1.807) is 18.2 Å². The minimum absolute atomic E-state index is 0.338. The van der Waals surface area contributed by atoms with Gasteiger partial charge in [-0.25, -0.2) is 0 Å². The maximum Gasteiger partial charge on any atom is 0.144 e. The molecule has 5 heteroatoms. The number of nitrogen functional groups attached to an aromatic ring is 2. The topological polar surface area (TPSA) is 130 Å². The molecule has 1 aromatic carbocycles. The van der Waals surface area contributed by atoms with Gasteiger partial charge >= 0.3 is 0 Å². The SMILES string of the molecule is Nc1cccc(C(N)(N)N)c1N. The Balaban J connectivity index is 3.26. The van der Waals surface area contributed by atoms with Crippen LogP contribution in [0, 0.1) is 0 Å². The molecule has 0 amide bonds. The highest BCUT2D eigenvalue weighted by atomic mass is 15.1. The molecule has 0 aromatic heterocycles. The zero-order valence-electron chi connectivity index (χ0n) is 6.62. The van der Waals surface area contributed by atoms with Crippen LogP contribution in [0.1, 0.15) is 5.56 Å². The first-order chi connectivity index (χ1) is 5.43. The molecule has 0 saturated carbocycles. The van der Waals surface area contributed by atoms with Crippen LogP contribution in [0.15, 0.2) is 18.2 Å².